The van der Waals surface area contributed by atoms with E-state index in [0.29, 0.717) is 28.5 Å². The van der Waals surface area contributed by atoms with Crippen LogP contribution in [0.5, 0.6) is 0 Å². The SMILES string of the molecule is C[C@H]1OCCN[C@@H]1C(=O)Nc1nc2cc(F)c(F)cc2s1.Cl. The summed E-state index contributed by atoms with van der Waals surface area (Å²) in [6.45, 7) is 2.96. The number of aromatic nitrogens is 1. The zero-order chi connectivity index (χ0) is 15.0. The molecule has 1 saturated heterocycles. The first-order valence-corrected chi connectivity index (χ1v) is 7.27. The summed E-state index contributed by atoms with van der Waals surface area (Å²) in [6.07, 6.45) is -0.247. The summed E-state index contributed by atoms with van der Waals surface area (Å²) in [4.78, 5) is 16.2. The Morgan fingerprint density at radius 3 is 2.91 bits per heavy atom. The molecule has 5 nitrogen and oxygen atoms in total. The zero-order valence-corrected chi connectivity index (χ0v) is 13.2. The van der Waals surface area contributed by atoms with Crippen LogP contribution >= 0.6 is 23.7 Å². The molecule has 9 heteroatoms. The molecule has 3 rings (SSSR count). The zero-order valence-electron chi connectivity index (χ0n) is 11.6. The highest BCUT2D eigenvalue weighted by atomic mass is 35.5. The van der Waals surface area contributed by atoms with Gasteiger partial charge in [0.15, 0.2) is 16.8 Å². The van der Waals surface area contributed by atoms with Gasteiger partial charge in [0.25, 0.3) is 0 Å². The summed E-state index contributed by atoms with van der Waals surface area (Å²) in [6, 6.07) is 1.61. The van der Waals surface area contributed by atoms with Crippen molar-refractivity contribution in [3.63, 3.8) is 0 Å². The van der Waals surface area contributed by atoms with E-state index in [-0.39, 0.29) is 24.4 Å². The Balaban J connectivity index is 0.00000176. The molecule has 1 aromatic carbocycles. The highest BCUT2D eigenvalue weighted by Gasteiger charge is 2.28. The van der Waals surface area contributed by atoms with Gasteiger partial charge in [0.1, 0.15) is 6.04 Å². The number of nitrogens with one attached hydrogen (secondary N) is 2. The number of nitrogens with zero attached hydrogens (tertiary/aromatic N) is 1. The van der Waals surface area contributed by atoms with E-state index in [0.717, 1.165) is 23.5 Å². The van der Waals surface area contributed by atoms with Gasteiger partial charge in [0.05, 0.1) is 22.9 Å². The van der Waals surface area contributed by atoms with Crippen LogP contribution in [0.1, 0.15) is 6.92 Å². The minimum Gasteiger partial charge on any atom is -0.375 e. The highest BCUT2D eigenvalue weighted by molar-refractivity contribution is 7.22. The fourth-order valence-electron chi connectivity index (χ4n) is 2.19. The van der Waals surface area contributed by atoms with Crippen LogP contribution in [0.3, 0.4) is 0 Å². The Morgan fingerprint density at radius 2 is 2.18 bits per heavy atom. The molecule has 120 valence electrons. The lowest BCUT2D eigenvalue weighted by molar-refractivity contribution is -0.123. The van der Waals surface area contributed by atoms with Crippen molar-refractivity contribution in [2.75, 3.05) is 18.5 Å². The highest BCUT2D eigenvalue weighted by Crippen LogP contribution is 2.28. The Bertz CT molecular complexity index is 658. The maximum Gasteiger partial charge on any atom is 0.245 e. The molecule has 2 N–H and O–H groups in total. The summed E-state index contributed by atoms with van der Waals surface area (Å²) >= 11 is 1.10. The second kappa shape index (κ2) is 6.82. The number of hydrogen-bond donors (Lipinski definition) is 2. The summed E-state index contributed by atoms with van der Waals surface area (Å²) in [7, 11) is 0. The van der Waals surface area contributed by atoms with Gasteiger partial charge in [-0.05, 0) is 13.0 Å². The van der Waals surface area contributed by atoms with Gasteiger partial charge in [-0.3, -0.25) is 4.79 Å². The van der Waals surface area contributed by atoms with Gasteiger partial charge in [-0.25, -0.2) is 13.8 Å². The molecule has 2 atom stereocenters. The number of fused-ring (bicyclic) bond motifs is 1. The smallest absolute Gasteiger partial charge is 0.245 e. The number of thiazole rings is 1. The van der Waals surface area contributed by atoms with Crippen LogP contribution in [-0.2, 0) is 9.53 Å². The molecule has 1 aliphatic rings. The van der Waals surface area contributed by atoms with Crippen molar-refractivity contribution < 1.29 is 18.3 Å². The van der Waals surface area contributed by atoms with E-state index < -0.39 is 17.7 Å². The van der Waals surface area contributed by atoms with Crippen LogP contribution < -0.4 is 10.6 Å². The molecule has 1 aliphatic heterocycles. The number of rotatable bonds is 2. The number of amides is 1. The van der Waals surface area contributed by atoms with Crippen molar-refractivity contribution in [1.29, 1.82) is 0 Å². The Hall–Kier alpha value is -1.35. The lowest BCUT2D eigenvalue weighted by Crippen LogP contribution is -2.53. The number of morpholine rings is 1. The number of anilines is 1. The minimum absolute atomic E-state index is 0. The molecule has 0 saturated carbocycles. The van der Waals surface area contributed by atoms with Crippen molar-refractivity contribution in [3.05, 3.63) is 23.8 Å². The average molecular weight is 350 g/mol. The molecule has 0 unspecified atom stereocenters. The number of hydrogen-bond acceptors (Lipinski definition) is 5. The maximum absolute atomic E-state index is 13.2. The molecular weight excluding hydrogens is 336 g/mol. The van der Waals surface area contributed by atoms with E-state index in [1.165, 1.54) is 0 Å². The van der Waals surface area contributed by atoms with Crippen LogP contribution in [0.25, 0.3) is 10.2 Å². The molecule has 0 bridgehead atoms. The third-order valence-corrected chi connectivity index (χ3v) is 4.19. The third-order valence-electron chi connectivity index (χ3n) is 3.26. The van der Waals surface area contributed by atoms with Crippen LogP contribution in [0.15, 0.2) is 12.1 Å². The van der Waals surface area contributed by atoms with E-state index in [1.807, 2.05) is 0 Å². The molecule has 22 heavy (non-hydrogen) atoms. The lowest BCUT2D eigenvalue weighted by atomic mass is 10.1. The van der Waals surface area contributed by atoms with Crippen LogP contribution in [0.2, 0.25) is 0 Å². The van der Waals surface area contributed by atoms with Gasteiger partial charge in [0, 0.05) is 12.6 Å². The Kier molecular flexibility index (Phi) is 5.28. The van der Waals surface area contributed by atoms with E-state index in [1.54, 1.807) is 6.92 Å². The standard InChI is InChI=1S/C13H13F2N3O2S.ClH/c1-6-11(16-2-3-20-6)12(19)18-13-17-9-4-7(14)8(15)5-10(9)21-13;/h4-6,11,16H,2-3H2,1H3,(H,17,18,19);1H/t6-,11+;/m1./s1. The molecule has 2 heterocycles. The van der Waals surface area contributed by atoms with Crippen molar-refractivity contribution in [2.24, 2.45) is 0 Å². The second-order valence-electron chi connectivity index (χ2n) is 4.75. The van der Waals surface area contributed by atoms with Crippen LogP contribution in [0, 0.1) is 11.6 Å². The van der Waals surface area contributed by atoms with Crippen molar-refractivity contribution in [2.45, 2.75) is 19.1 Å². The fraction of sp³-hybridized carbons (Fsp3) is 0.385. The topological polar surface area (TPSA) is 63.2 Å². The lowest BCUT2D eigenvalue weighted by Gasteiger charge is -2.28. The largest absolute Gasteiger partial charge is 0.375 e. The quantitative estimate of drug-likeness (QED) is 0.873. The minimum atomic E-state index is -0.957. The van der Waals surface area contributed by atoms with Gasteiger partial charge in [-0.1, -0.05) is 11.3 Å². The predicted octanol–water partition coefficient (Wildman–Crippen LogP) is 2.31. The van der Waals surface area contributed by atoms with Crippen LogP contribution in [-0.4, -0.2) is 36.2 Å². The number of ether oxygens (including phenoxy) is 1. The summed E-state index contributed by atoms with van der Waals surface area (Å²) in [5, 5.41) is 6.02. The Labute approximate surface area is 135 Å². The van der Waals surface area contributed by atoms with Gasteiger partial charge < -0.3 is 15.4 Å². The molecule has 1 fully saturated rings. The van der Waals surface area contributed by atoms with Crippen molar-refractivity contribution in [3.8, 4) is 0 Å². The fourth-order valence-corrected chi connectivity index (χ4v) is 3.06. The van der Waals surface area contributed by atoms with Crippen molar-refractivity contribution in [1.82, 2.24) is 10.3 Å². The predicted molar refractivity (Wildman–Crippen MR) is 82.6 cm³/mol. The first-order chi connectivity index (χ1) is 10.0. The molecule has 0 aliphatic carbocycles. The molecule has 0 spiro atoms. The van der Waals surface area contributed by atoms with E-state index in [4.69, 9.17) is 4.74 Å². The molecule has 2 aromatic rings. The van der Waals surface area contributed by atoms with E-state index in [2.05, 4.69) is 15.6 Å². The van der Waals surface area contributed by atoms with Crippen LogP contribution in [0.4, 0.5) is 13.9 Å². The first-order valence-electron chi connectivity index (χ1n) is 6.46. The number of carbonyl (C=O) groups excluding carboxylic acids is 1. The second-order valence-corrected chi connectivity index (χ2v) is 5.78. The maximum atomic E-state index is 13.2. The van der Waals surface area contributed by atoms with Gasteiger partial charge in [0.2, 0.25) is 5.91 Å². The van der Waals surface area contributed by atoms with E-state index in [9.17, 15) is 13.6 Å². The van der Waals surface area contributed by atoms with Gasteiger partial charge >= 0.3 is 0 Å². The molecule has 0 radical (unpaired) electrons. The third kappa shape index (κ3) is 3.35. The van der Waals surface area contributed by atoms with Gasteiger partial charge in [-0.2, -0.15) is 0 Å². The Morgan fingerprint density at radius 1 is 1.45 bits per heavy atom. The molecule has 1 aromatic heterocycles. The first kappa shape index (κ1) is 17.0. The summed E-state index contributed by atoms with van der Waals surface area (Å²) in [5.74, 6) is -2.16. The number of benzene rings is 1. The normalized spacial score (nSPS) is 21.4. The van der Waals surface area contributed by atoms with Crippen molar-refractivity contribution >= 4 is 45.0 Å². The molecular formula is C13H14ClF2N3O2S. The summed E-state index contributed by atoms with van der Waals surface area (Å²) < 4.78 is 32.2. The summed E-state index contributed by atoms with van der Waals surface area (Å²) in [5.41, 5.74) is 0.315. The van der Waals surface area contributed by atoms with Gasteiger partial charge in [-0.15, -0.1) is 12.4 Å². The monoisotopic (exact) mass is 349 g/mol. The molecule has 1 amide bonds. The number of carbonyl (C=O) groups is 1. The average Bonchev–Trinajstić information content (AvgIpc) is 2.81. The number of halogens is 3. The van der Waals surface area contributed by atoms with E-state index >= 15 is 0 Å².